The summed E-state index contributed by atoms with van der Waals surface area (Å²) in [5.74, 6) is -0.214. The van der Waals surface area contributed by atoms with Crippen LogP contribution in [-0.2, 0) is 11.7 Å². The molecule has 0 atom stereocenters. The van der Waals surface area contributed by atoms with E-state index in [1.54, 1.807) is 0 Å². The maximum atomic E-state index is 12.9. The first-order chi connectivity index (χ1) is 8.28. The molecule has 0 radical (unpaired) electrons. The highest BCUT2D eigenvalue weighted by Crippen LogP contribution is 2.48. The summed E-state index contributed by atoms with van der Waals surface area (Å²) in [6.45, 7) is 0. The molecule has 0 unspecified atom stereocenters. The summed E-state index contributed by atoms with van der Waals surface area (Å²) in [6.07, 6.45) is -2.33. The summed E-state index contributed by atoms with van der Waals surface area (Å²) >= 11 is 5.76. The Morgan fingerprint density at radius 2 is 1.94 bits per heavy atom. The SMILES string of the molecule is COc1c(C(F)(F)F)cc(Cl)cc1C1(N)CCC1. The van der Waals surface area contributed by atoms with Crippen molar-refractivity contribution in [2.24, 2.45) is 5.73 Å². The molecular formula is C12H13ClF3NO. The Hall–Kier alpha value is -0.940. The van der Waals surface area contributed by atoms with Crippen LogP contribution >= 0.6 is 11.6 Å². The van der Waals surface area contributed by atoms with E-state index in [9.17, 15) is 13.2 Å². The molecule has 18 heavy (non-hydrogen) atoms. The third-order valence-electron chi connectivity index (χ3n) is 3.35. The normalized spacial score (nSPS) is 18.3. The zero-order valence-corrected chi connectivity index (χ0v) is 10.5. The van der Waals surface area contributed by atoms with Crippen LogP contribution in [0.1, 0.15) is 30.4 Å². The molecule has 0 aliphatic heterocycles. The molecule has 6 heteroatoms. The lowest BCUT2D eigenvalue weighted by molar-refractivity contribution is -0.138. The van der Waals surface area contributed by atoms with E-state index in [4.69, 9.17) is 22.1 Å². The highest BCUT2D eigenvalue weighted by atomic mass is 35.5. The molecule has 1 saturated carbocycles. The minimum atomic E-state index is -4.51. The van der Waals surface area contributed by atoms with Crippen LogP contribution in [0.4, 0.5) is 13.2 Å². The molecule has 2 N–H and O–H groups in total. The lowest BCUT2D eigenvalue weighted by Crippen LogP contribution is -2.43. The summed E-state index contributed by atoms with van der Waals surface area (Å²) in [5.41, 5.74) is 4.79. The molecule has 0 saturated heterocycles. The second-order valence-corrected chi connectivity index (χ2v) is 4.98. The molecule has 1 aliphatic rings. The van der Waals surface area contributed by atoms with Gasteiger partial charge >= 0.3 is 6.18 Å². The van der Waals surface area contributed by atoms with Crippen molar-refractivity contribution in [2.45, 2.75) is 31.0 Å². The maximum Gasteiger partial charge on any atom is 0.420 e. The van der Waals surface area contributed by atoms with E-state index in [0.29, 0.717) is 18.4 Å². The van der Waals surface area contributed by atoms with Crippen LogP contribution in [0.5, 0.6) is 5.75 Å². The topological polar surface area (TPSA) is 35.2 Å². The van der Waals surface area contributed by atoms with Crippen LogP contribution in [0, 0.1) is 0 Å². The monoisotopic (exact) mass is 279 g/mol. The van der Waals surface area contributed by atoms with Crippen LogP contribution in [0.25, 0.3) is 0 Å². The molecule has 1 fully saturated rings. The predicted molar refractivity (Wildman–Crippen MR) is 62.7 cm³/mol. The fourth-order valence-corrected chi connectivity index (χ4v) is 2.44. The van der Waals surface area contributed by atoms with Gasteiger partial charge in [0.15, 0.2) is 0 Å². The highest BCUT2D eigenvalue weighted by molar-refractivity contribution is 6.30. The largest absolute Gasteiger partial charge is 0.496 e. The second-order valence-electron chi connectivity index (χ2n) is 4.54. The van der Waals surface area contributed by atoms with E-state index in [1.165, 1.54) is 13.2 Å². The van der Waals surface area contributed by atoms with Crippen molar-refractivity contribution >= 4 is 11.6 Å². The number of nitrogens with two attached hydrogens (primary N) is 1. The average molecular weight is 280 g/mol. The van der Waals surface area contributed by atoms with Crippen molar-refractivity contribution < 1.29 is 17.9 Å². The van der Waals surface area contributed by atoms with Gasteiger partial charge < -0.3 is 10.5 Å². The van der Waals surface area contributed by atoms with E-state index in [1.807, 2.05) is 0 Å². The van der Waals surface area contributed by atoms with Crippen molar-refractivity contribution in [3.8, 4) is 5.75 Å². The van der Waals surface area contributed by atoms with Crippen LogP contribution in [-0.4, -0.2) is 7.11 Å². The van der Waals surface area contributed by atoms with Gasteiger partial charge in [-0.3, -0.25) is 0 Å². The third kappa shape index (κ3) is 2.17. The summed E-state index contributed by atoms with van der Waals surface area (Å²) in [4.78, 5) is 0. The minimum Gasteiger partial charge on any atom is -0.496 e. The number of hydrogen-bond acceptors (Lipinski definition) is 2. The smallest absolute Gasteiger partial charge is 0.420 e. The molecule has 100 valence electrons. The van der Waals surface area contributed by atoms with Crippen molar-refractivity contribution in [2.75, 3.05) is 7.11 Å². The first-order valence-corrected chi connectivity index (χ1v) is 5.90. The molecular weight excluding hydrogens is 267 g/mol. The molecule has 0 aromatic heterocycles. The Morgan fingerprint density at radius 3 is 2.33 bits per heavy atom. The Kier molecular flexibility index (Phi) is 3.23. The molecule has 1 aliphatic carbocycles. The lowest BCUT2D eigenvalue weighted by atomic mass is 9.72. The van der Waals surface area contributed by atoms with Gasteiger partial charge in [0.1, 0.15) is 5.75 Å². The molecule has 2 rings (SSSR count). The van der Waals surface area contributed by atoms with Gasteiger partial charge in [-0.2, -0.15) is 13.2 Å². The van der Waals surface area contributed by atoms with E-state index in [-0.39, 0.29) is 10.8 Å². The Labute approximate surface area is 108 Å². The number of alkyl halides is 3. The molecule has 2 nitrogen and oxygen atoms in total. The van der Waals surface area contributed by atoms with E-state index in [2.05, 4.69) is 0 Å². The van der Waals surface area contributed by atoms with Crippen LogP contribution in [0.2, 0.25) is 5.02 Å². The first-order valence-electron chi connectivity index (χ1n) is 5.52. The maximum absolute atomic E-state index is 12.9. The lowest BCUT2D eigenvalue weighted by Gasteiger charge is -2.40. The van der Waals surface area contributed by atoms with Gasteiger partial charge in [0.05, 0.1) is 12.7 Å². The van der Waals surface area contributed by atoms with Crippen molar-refractivity contribution in [3.05, 3.63) is 28.3 Å². The van der Waals surface area contributed by atoms with Gasteiger partial charge in [0.2, 0.25) is 0 Å². The van der Waals surface area contributed by atoms with E-state index >= 15 is 0 Å². The van der Waals surface area contributed by atoms with Gasteiger partial charge in [-0.05, 0) is 31.4 Å². The number of hydrogen-bond donors (Lipinski definition) is 1. The van der Waals surface area contributed by atoms with Gasteiger partial charge in [-0.1, -0.05) is 11.6 Å². The van der Waals surface area contributed by atoms with Gasteiger partial charge in [0, 0.05) is 16.1 Å². The zero-order chi connectivity index (χ0) is 13.6. The highest BCUT2D eigenvalue weighted by Gasteiger charge is 2.42. The quantitative estimate of drug-likeness (QED) is 0.896. The number of methoxy groups -OCH3 is 1. The minimum absolute atomic E-state index is 0.0230. The van der Waals surface area contributed by atoms with Crippen molar-refractivity contribution in [1.82, 2.24) is 0 Å². The summed E-state index contributed by atoms with van der Waals surface area (Å²) < 4.78 is 43.7. The molecule has 0 bridgehead atoms. The summed E-state index contributed by atoms with van der Waals surface area (Å²) in [6, 6.07) is 2.33. The predicted octanol–water partition coefficient (Wildman–Crippen LogP) is 3.71. The van der Waals surface area contributed by atoms with Gasteiger partial charge in [-0.25, -0.2) is 0 Å². The Morgan fingerprint density at radius 1 is 1.33 bits per heavy atom. The van der Waals surface area contributed by atoms with E-state index < -0.39 is 17.3 Å². The molecule has 0 heterocycles. The summed E-state index contributed by atoms with van der Waals surface area (Å²) in [7, 11) is 1.21. The Bertz CT molecular complexity index is 469. The zero-order valence-electron chi connectivity index (χ0n) is 9.77. The second kappa shape index (κ2) is 4.31. The molecule has 0 amide bonds. The summed E-state index contributed by atoms with van der Waals surface area (Å²) in [5, 5.41) is 0.0230. The average Bonchev–Trinajstić information content (AvgIpc) is 2.23. The Balaban J connectivity index is 2.62. The standard InChI is InChI=1S/C12H13ClF3NO/c1-18-10-8(11(17)3-2-4-11)5-7(13)6-9(10)12(14,15)16/h5-6H,2-4,17H2,1H3. The first kappa shape index (κ1) is 13.5. The number of ether oxygens (including phenoxy) is 1. The van der Waals surface area contributed by atoms with E-state index in [0.717, 1.165) is 12.5 Å². The number of benzene rings is 1. The van der Waals surface area contributed by atoms with Crippen LogP contribution in [0.15, 0.2) is 12.1 Å². The van der Waals surface area contributed by atoms with Gasteiger partial charge in [0.25, 0.3) is 0 Å². The number of rotatable bonds is 2. The fourth-order valence-electron chi connectivity index (χ4n) is 2.22. The van der Waals surface area contributed by atoms with Crippen molar-refractivity contribution in [3.63, 3.8) is 0 Å². The van der Waals surface area contributed by atoms with Crippen LogP contribution in [0.3, 0.4) is 0 Å². The molecule has 1 aromatic rings. The third-order valence-corrected chi connectivity index (χ3v) is 3.56. The van der Waals surface area contributed by atoms with Gasteiger partial charge in [-0.15, -0.1) is 0 Å². The molecule has 1 aromatic carbocycles. The number of halogens is 4. The molecule has 0 spiro atoms. The fraction of sp³-hybridized carbons (Fsp3) is 0.500. The van der Waals surface area contributed by atoms with Crippen LogP contribution < -0.4 is 10.5 Å². The van der Waals surface area contributed by atoms with Crippen molar-refractivity contribution in [1.29, 1.82) is 0 Å².